The van der Waals surface area contributed by atoms with E-state index >= 15 is 0 Å². The number of halogens is 10. The fraction of sp³-hybridized carbons (Fsp3) is 0.417. The Bertz CT molecular complexity index is 1020. The van der Waals surface area contributed by atoms with Gasteiger partial charge < -0.3 is 9.47 Å². The maximum absolute atomic E-state index is 13.1. The van der Waals surface area contributed by atoms with E-state index in [0.717, 1.165) is 24.3 Å². The molecule has 0 amide bonds. The second-order valence-corrected chi connectivity index (χ2v) is 8.09. The molecule has 38 heavy (non-hydrogen) atoms. The highest BCUT2D eigenvalue weighted by atomic mass is 19.4. The van der Waals surface area contributed by atoms with E-state index in [-0.39, 0.29) is 11.8 Å². The van der Waals surface area contributed by atoms with Gasteiger partial charge in [0.2, 0.25) is 0 Å². The largest absolute Gasteiger partial charge is 0.465 e. The molecule has 0 heterocycles. The normalized spacial score (nSPS) is 14.5. The lowest BCUT2D eigenvalue weighted by Crippen LogP contribution is -2.46. The van der Waals surface area contributed by atoms with Crippen LogP contribution in [0.15, 0.2) is 48.5 Å². The van der Waals surface area contributed by atoms with Gasteiger partial charge in [0.25, 0.3) is 0 Å². The van der Waals surface area contributed by atoms with Crippen LogP contribution in [-0.2, 0) is 9.59 Å². The molecule has 4 nitrogen and oxygen atoms in total. The van der Waals surface area contributed by atoms with Crippen molar-refractivity contribution in [3.05, 3.63) is 59.7 Å². The molecular weight excluding hydrogens is 542 g/mol. The number of carbonyl (C=O) groups is 2. The minimum absolute atomic E-state index is 0.288. The van der Waals surface area contributed by atoms with Gasteiger partial charge in [-0.25, -0.2) is 9.59 Å². The average molecular weight is 562 g/mol. The van der Waals surface area contributed by atoms with E-state index in [9.17, 15) is 53.5 Å². The number of benzene rings is 2. The smallest absolute Gasteiger partial charge is 0.422 e. The summed E-state index contributed by atoms with van der Waals surface area (Å²) in [5.74, 6) is -18.6. The fourth-order valence-corrected chi connectivity index (χ4v) is 3.64. The zero-order valence-corrected chi connectivity index (χ0v) is 19.6. The highest BCUT2D eigenvalue weighted by Gasteiger charge is 2.66. The molecule has 2 unspecified atom stereocenters. The Morgan fingerprint density at radius 1 is 0.579 bits per heavy atom. The summed E-state index contributed by atoms with van der Waals surface area (Å²) >= 11 is 0. The quantitative estimate of drug-likeness (QED) is 0.180. The summed E-state index contributed by atoms with van der Waals surface area (Å²) in [7, 11) is 0. The van der Waals surface area contributed by atoms with Crippen molar-refractivity contribution in [2.24, 2.45) is 0 Å². The molecule has 14 heteroatoms. The number of hydrogen-bond donors (Lipinski definition) is 0. The van der Waals surface area contributed by atoms with E-state index < -0.39 is 47.6 Å². The Balaban J connectivity index is 2.19. The Kier molecular flexibility index (Phi) is 9.10. The Labute approximate surface area is 209 Å². The molecule has 0 saturated heterocycles. The van der Waals surface area contributed by atoms with Crippen LogP contribution in [0.3, 0.4) is 0 Å². The Morgan fingerprint density at radius 3 is 1.05 bits per heavy atom. The van der Waals surface area contributed by atoms with Gasteiger partial charge in [-0.2, -0.15) is 43.9 Å². The zero-order valence-electron chi connectivity index (χ0n) is 19.6. The van der Waals surface area contributed by atoms with Crippen LogP contribution < -0.4 is 9.47 Å². The second-order valence-electron chi connectivity index (χ2n) is 8.09. The van der Waals surface area contributed by atoms with E-state index in [2.05, 4.69) is 9.47 Å². The summed E-state index contributed by atoms with van der Waals surface area (Å²) in [6.07, 6.45) is -11.3. The van der Waals surface area contributed by atoms with Crippen molar-refractivity contribution in [3.63, 3.8) is 0 Å². The van der Waals surface area contributed by atoms with Crippen molar-refractivity contribution in [3.8, 4) is 11.5 Å². The molecule has 2 aromatic rings. The van der Waals surface area contributed by atoms with Gasteiger partial charge in [-0.3, -0.25) is 0 Å². The molecule has 0 saturated carbocycles. The molecule has 0 spiro atoms. The molecule has 2 aromatic carbocycles. The van der Waals surface area contributed by atoms with Gasteiger partial charge in [-0.15, -0.1) is 0 Å². The lowest BCUT2D eigenvalue weighted by atomic mass is 9.78. The van der Waals surface area contributed by atoms with Crippen molar-refractivity contribution in [1.82, 2.24) is 0 Å². The first kappa shape index (κ1) is 30.9. The second kappa shape index (κ2) is 11.2. The van der Waals surface area contributed by atoms with Crippen LogP contribution in [0, 0.1) is 0 Å². The number of ether oxygens (including phenoxy) is 2. The predicted octanol–water partition coefficient (Wildman–Crippen LogP) is 7.58. The number of esters is 2. The molecule has 0 fully saturated rings. The van der Waals surface area contributed by atoms with Crippen LogP contribution in [0.5, 0.6) is 11.5 Å². The number of hydrogen-bond acceptors (Lipinski definition) is 4. The summed E-state index contributed by atoms with van der Waals surface area (Å²) in [6.45, 7) is 3.58. The third kappa shape index (κ3) is 6.57. The third-order valence-corrected chi connectivity index (χ3v) is 5.63. The van der Waals surface area contributed by atoms with Crippen molar-refractivity contribution < 1.29 is 63.0 Å². The summed E-state index contributed by atoms with van der Waals surface area (Å²) in [5.41, 5.74) is 1.17. The summed E-state index contributed by atoms with van der Waals surface area (Å²) in [4.78, 5) is 22.5. The minimum Gasteiger partial charge on any atom is -0.422 e. The standard InChI is InChI=1S/C24H20F10O4/c1-3-17(13-5-9-15(10-6-13)37-19(35)21(25,26)23(29,30)31)18(4-2)14-7-11-16(12-8-14)38-20(36)22(27,28)24(32,33)34/h5-12,17-18H,3-4H2,1-2H3. The van der Waals surface area contributed by atoms with E-state index in [0.29, 0.717) is 24.0 Å². The number of rotatable bonds is 9. The number of carbonyl (C=O) groups excluding carboxylic acids is 2. The summed E-state index contributed by atoms with van der Waals surface area (Å²) in [6, 6.07) is 9.61. The van der Waals surface area contributed by atoms with Crippen LogP contribution >= 0.6 is 0 Å². The highest BCUT2D eigenvalue weighted by Crippen LogP contribution is 2.41. The highest BCUT2D eigenvalue weighted by molar-refractivity contribution is 5.81. The van der Waals surface area contributed by atoms with Crippen LogP contribution in [0.1, 0.15) is 49.7 Å². The summed E-state index contributed by atoms with van der Waals surface area (Å²) < 4.78 is 135. The van der Waals surface area contributed by atoms with E-state index in [1.54, 1.807) is 13.8 Å². The molecule has 0 N–H and O–H groups in total. The van der Waals surface area contributed by atoms with Gasteiger partial charge in [0, 0.05) is 0 Å². The fourth-order valence-electron chi connectivity index (χ4n) is 3.64. The zero-order chi connectivity index (χ0) is 29.1. The molecule has 0 aliphatic heterocycles. The van der Waals surface area contributed by atoms with Crippen molar-refractivity contribution >= 4 is 11.9 Å². The Hall–Kier alpha value is -3.32. The average Bonchev–Trinajstić information content (AvgIpc) is 2.82. The minimum atomic E-state index is -6.13. The molecule has 2 atom stereocenters. The van der Waals surface area contributed by atoms with Crippen LogP contribution in [0.2, 0.25) is 0 Å². The van der Waals surface area contributed by atoms with E-state index in [1.165, 1.54) is 24.3 Å². The molecule has 0 aromatic heterocycles. The molecule has 0 aliphatic rings. The van der Waals surface area contributed by atoms with Crippen molar-refractivity contribution in [2.75, 3.05) is 0 Å². The van der Waals surface area contributed by atoms with Crippen LogP contribution in [0.25, 0.3) is 0 Å². The van der Waals surface area contributed by atoms with Crippen molar-refractivity contribution in [2.45, 2.75) is 62.7 Å². The first-order valence-corrected chi connectivity index (χ1v) is 10.9. The first-order valence-electron chi connectivity index (χ1n) is 10.9. The molecular formula is C24H20F10O4. The monoisotopic (exact) mass is 562 g/mol. The maximum Gasteiger partial charge on any atom is 0.465 e. The maximum atomic E-state index is 13.1. The molecule has 0 radical (unpaired) electrons. The van der Waals surface area contributed by atoms with Crippen molar-refractivity contribution in [1.29, 1.82) is 0 Å². The number of alkyl halides is 10. The van der Waals surface area contributed by atoms with Gasteiger partial charge in [0.1, 0.15) is 11.5 Å². The predicted molar refractivity (Wildman–Crippen MR) is 112 cm³/mol. The van der Waals surface area contributed by atoms with E-state index in [1.807, 2.05) is 0 Å². The molecule has 0 aliphatic carbocycles. The third-order valence-electron chi connectivity index (χ3n) is 5.63. The van der Waals surface area contributed by atoms with Gasteiger partial charge in [-0.05, 0) is 60.1 Å². The Morgan fingerprint density at radius 2 is 0.842 bits per heavy atom. The van der Waals surface area contributed by atoms with Gasteiger partial charge in [-0.1, -0.05) is 38.1 Å². The molecule has 0 bridgehead atoms. The van der Waals surface area contributed by atoms with Gasteiger partial charge in [0.15, 0.2) is 0 Å². The SMILES string of the molecule is CCC(c1ccc(OC(=O)C(F)(F)C(F)(F)F)cc1)C(CC)c1ccc(OC(=O)C(F)(F)C(F)(F)F)cc1. The van der Waals surface area contributed by atoms with Gasteiger partial charge in [0.05, 0.1) is 0 Å². The molecule has 2 rings (SSSR count). The van der Waals surface area contributed by atoms with Gasteiger partial charge >= 0.3 is 36.1 Å². The lowest BCUT2D eigenvalue weighted by molar-refractivity contribution is -0.276. The van der Waals surface area contributed by atoms with E-state index in [4.69, 9.17) is 0 Å². The van der Waals surface area contributed by atoms with Crippen LogP contribution in [0.4, 0.5) is 43.9 Å². The first-order chi connectivity index (χ1) is 17.4. The van der Waals surface area contributed by atoms with Crippen LogP contribution in [-0.4, -0.2) is 36.1 Å². The summed E-state index contributed by atoms with van der Waals surface area (Å²) in [5, 5.41) is 0. The molecule has 210 valence electrons. The lowest BCUT2D eigenvalue weighted by Gasteiger charge is -2.27. The topological polar surface area (TPSA) is 52.6 Å².